The van der Waals surface area contributed by atoms with Crippen LogP contribution in [0, 0.1) is 0 Å². The van der Waals surface area contributed by atoms with Crippen LogP contribution in [0.1, 0.15) is 11.3 Å². The predicted octanol–water partition coefficient (Wildman–Crippen LogP) is 1.97. The molecule has 1 saturated heterocycles. The molecule has 0 amide bonds. The second-order valence-corrected chi connectivity index (χ2v) is 6.05. The normalized spacial score (nSPS) is 14.6. The summed E-state index contributed by atoms with van der Waals surface area (Å²) in [6.45, 7) is 7.44. The maximum absolute atomic E-state index is 12.4. The molecule has 1 aromatic carbocycles. The third-order valence-electron chi connectivity index (χ3n) is 4.42. The van der Waals surface area contributed by atoms with E-state index in [-0.39, 0.29) is 5.56 Å². The van der Waals surface area contributed by atoms with Crippen molar-refractivity contribution >= 4 is 11.6 Å². The molecule has 1 N–H and O–H groups in total. The first kappa shape index (κ1) is 17.2. The van der Waals surface area contributed by atoms with Crippen LogP contribution in [0.3, 0.4) is 0 Å². The van der Waals surface area contributed by atoms with Gasteiger partial charge in [0.15, 0.2) is 0 Å². The van der Waals surface area contributed by atoms with Crippen molar-refractivity contribution in [2.24, 2.45) is 0 Å². The van der Waals surface area contributed by atoms with E-state index in [2.05, 4.69) is 50.6 Å². The third kappa shape index (κ3) is 3.91. The van der Waals surface area contributed by atoms with Crippen LogP contribution in [-0.4, -0.2) is 43.3 Å². The van der Waals surface area contributed by atoms with Gasteiger partial charge in [-0.25, -0.2) is 4.98 Å². The van der Waals surface area contributed by atoms with Gasteiger partial charge < -0.3 is 14.5 Å². The Morgan fingerprint density at radius 3 is 2.52 bits per heavy atom. The summed E-state index contributed by atoms with van der Waals surface area (Å²) in [6.07, 6.45) is 2.20. The van der Waals surface area contributed by atoms with Crippen molar-refractivity contribution < 1.29 is 4.74 Å². The maximum atomic E-state index is 12.4. The zero-order valence-electron chi connectivity index (χ0n) is 14.6. The molecule has 0 spiro atoms. The Morgan fingerprint density at radius 1 is 1.20 bits per heavy atom. The molecule has 0 radical (unpaired) electrons. The van der Waals surface area contributed by atoms with E-state index >= 15 is 0 Å². The van der Waals surface area contributed by atoms with E-state index in [4.69, 9.17) is 4.74 Å². The summed E-state index contributed by atoms with van der Waals surface area (Å²) in [5, 5.41) is 0. The largest absolute Gasteiger partial charge is 0.378 e. The number of hydrogen-bond donors (Lipinski definition) is 1. The van der Waals surface area contributed by atoms with Gasteiger partial charge in [0.25, 0.3) is 5.56 Å². The zero-order chi connectivity index (χ0) is 17.6. The molecule has 0 atom stereocenters. The molecule has 25 heavy (non-hydrogen) atoms. The molecule has 2 aromatic rings. The van der Waals surface area contributed by atoms with Gasteiger partial charge in [-0.3, -0.25) is 9.78 Å². The Labute approximate surface area is 147 Å². The van der Waals surface area contributed by atoms with Gasteiger partial charge in [-0.05, 0) is 18.6 Å². The number of piperazine rings is 1. The fourth-order valence-corrected chi connectivity index (χ4v) is 3.11. The molecule has 6 nitrogen and oxygen atoms in total. The van der Waals surface area contributed by atoms with E-state index in [0.29, 0.717) is 30.2 Å². The van der Waals surface area contributed by atoms with Gasteiger partial charge in [-0.15, -0.1) is 6.58 Å². The molecular weight excluding hydrogens is 316 g/mol. The molecule has 6 heteroatoms. The molecule has 0 bridgehead atoms. The van der Waals surface area contributed by atoms with Gasteiger partial charge in [0.05, 0.1) is 12.3 Å². The molecule has 132 valence electrons. The van der Waals surface area contributed by atoms with Crippen LogP contribution in [0.25, 0.3) is 0 Å². The number of hydrogen-bond acceptors (Lipinski definition) is 5. The summed E-state index contributed by atoms with van der Waals surface area (Å²) >= 11 is 0. The summed E-state index contributed by atoms with van der Waals surface area (Å²) in [7, 11) is 1.61. The monoisotopic (exact) mass is 340 g/mol. The number of methoxy groups -OCH3 is 1. The lowest BCUT2D eigenvalue weighted by Crippen LogP contribution is -2.47. The number of rotatable bonds is 6. The molecule has 1 aliphatic heterocycles. The quantitative estimate of drug-likeness (QED) is 0.815. The molecule has 1 aliphatic rings. The molecule has 1 aromatic heterocycles. The van der Waals surface area contributed by atoms with Crippen LogP contribution in [0.4, 0.5) is 11.6 Å². The number of para-hydroxylation sites is 1. The van der Waals surface area contributed by atoms with E-state index in [9.17, 15) is 4.79 Å². The van der Waals surface area contributed by atoms with Crippen LogP contribution in [0.15, 0.2) is 47.8 Å². The number of nitrogens with zero attached hydrogens (tertiary/aromatic N) is 3. The van der Waals surface area contributed by atoms with Gasteiger partial charge in [-0.1, -0.05) is 24.3 Å². The van der Waals surface area contributed by atoms with Crippen molar-refractivity contribution in [1.29, 1.82) is 0 Å². The number of H-pyrrole nitrogens is 1. The maximum Gasteiger partial charge on any atom is 0.256 e. The first-order valence-electron chi connectivity index (χ1n) is 8.49. The number of aromatic nitrogens is 2. The Hall–Kier alpha value is -2.60. The predicted molar refractivity (Wildman–Crippen MR) is 100 cm³/mol. The summed E-state index contributed by atoms with van der Waals surface area (Å²) < 4.78 is 5.21. The Morgan fingerprint density at radius 2 is 1.88 bits per heavy atom. The highest BCUT2D eigenvalue weighted by Gasteiger charge is 2.20. The Balaban J connectivity index is 1.77. The van der Waals surface area contributed by atoms with E-state index in [1.54, 1.807) is 13.2 Å². The smallest absolute Gasteiger partial charge is 0.256 e. The Bertz CT molecular complexity index is 765. The van der Waals surface area contributed by atoms with Crippen molar-refractivity contribution in [2.75, 3.05) is 43.1 Å². The summed E-state index contributed by atoms with van der Waals surface area (Å²) in [5.74, 6) is 0.623. The minimum Gasteiger partial charge on any atom is -0.378 e. The lowest BCUT2D eigenvalue weighted by atomic mass is 10.1. The van der Waals surface area contributed by atoms with E-state index in [0.717, 1.165) is 26.2 Å². The standard InChI is InChI=1S/C19H24N4O2/c1-3-7-16-17(14-25-2)20-19(21-18(16)24)23-12-10-22(11-13-23)15-8-5-4-6-9-15/h3-6,8-9H,1,7,10-14H2,2H3,(H,20,21,24). The molecule has 3 rings (SSSR count). The molecule has 2 heterocycles. The third-order valence-corrected chi connectivity index (χ3v) is 4.42. The van der Waals surface area contributed by atoms with Crippen molar-refractivity contribution in [3.8, 4) is 0 Å². The van der Waals surface area contributed by atoms with Crippen LogP contribution in [0.2, 0.25) is 0 Å². The topological polar surface area (TPSA) is 61.5 Å². The van der Waals surface area contributed by atoms with Gasteiger partial charge in [0.1, 0.15) is 0 Å². The van der Waals surface area contributed by atoms with Crippen LogP contribution in [0.5, 0.6) is 0 Å². The fourth-order valence-electron chi connectivity index (χ4n) is 3.11. The second-order valence-electron chi connectivity index (χ2n) is 6.05. The van der Waals surface area contributed by atoms with Crippen LogP contribution < -0.4 is 15.4 Å². The average molecular weight is 340 g/mol. The minimum absolute atomic E-state index is 0.109. The number of anilines is 2. The summed E-state index contributed by atoms with van der Waals surface area (Å²) in [5.41, 5.74) is 2.43. The molecule has 0 saturated carbocycles. The number of ether oxygens (including phenoxy) is 1. The van der Waals surface area contributed by atoms with Gasteiger partial charge in [-0.2, -0.15) is 0 Å². The van der Waals surface area contributed by atoms with Crippen LogP contribution in [-0.2, 0) is 17.8 Å². The number of allylic oxidation sites excluding steroid dienone is 1. The summed E-state index contributed by atoms with van der Waals surface area (Å²) in [4.78, 5) is 24.4. The molecular formula is C19H24N4O2. The van der Waals surface area contributed by atoms with Gasteiger partial charge in [0.2, 0.25) is 5.95 Å². The van der Waals surface area contributed by atoms with Crippen molar-refractivity contribution in [1.82, 2.24) is 9.97 Å². The van der Waals surface area contributed by atoms with E-state index < -0.39 is 0 Å². The first-order valence-corrected chi connectivity index (χ1v) is 8.49. The van der Waals surface area contributed by atoms with Crippen LogP contribution >= 0.6 is 0 Å². The second kappa shape index (κ2) is 7.98. The minimum atomic E-state index is -0.109. The van der Waals surface area contributed by atoms with E-state index in [1.165, 1.54) is 5.69 Å². The highest BCUT2D eigenvalue weighted by Crippen LogP contribution is 2.18. The lowest BCUT2D eigenvalue weighted by molar-refractivity contribution is 0.180. The van der Waals surface area contributed by atoms with Gasteiger partial charge >= 0.3 is 0 Å². The first-order chi connectivity index (χ1) is 12.2. The van der Waals surface area contributed by atoms with Crippen molar-refractivity contribution in [2.45, 2.75) is 13.0 Å². The molecule has 1 fully saturated rings. The number of benzene rings is 1. The highest BCUT2D eigenvalue weighted by atomic mass is 16.5. The number of nitrogens with one attached hydrogen (secondary N) is 1. The SMILES string of the molecule is C=CCc1c(COC)nc(N2CCN(c3ccccc3)CC2)[nH]c1=O. The average Bonchev–Trinajstić information content (AvgIpc) is 2.65. The fraction of sp³-hybridized carbons (Fsp3) is 0.368. The van der Waals surface area contributed by atoms with Crippen molar-refractivity contribution in [3.63, 3.8) is 0 Å². The number of aromatic amines is 1. The molecule has 0 unspecified atom stereocenters. The van der Waals surface area contributed by atoms with E-state index in [1.807, 2.05) is 6.07 Å². The summed E-state index contributed by atoms with van der Waals surface area (Å²) in [6, 6.07) is 10.4. The Kier molecular flexibility index (Phi) is 5.50. The highest BCUT2D eigenvalue weighted by molar-refractivity contribution is 5.48. The molecule has 0 aliphatic carbocycles. The van der Waals surface area contributed by atoms with Gasteiger partial charge in [0, 0.05) is 44.5 Å². The zero-order valence-corrected chi connectivity index (χ0v) is 14.6. The lowest BCUT2D eigenvalue weighted by Gasteiger charge is -2.36. The van der Waals surface area contributed by atoms with Crippen molar-refractivity contribution in [3.05, 3.63) is 64.6 Å².